The number of nitrogens with one attached hydrogen (secondary N) is 1. The first-order valence-electron chi connectivity index (χ1n) is 5.68. The zero-order valence-electron chi connectivity index (χ0n) is 10.2. The number of halogens is 2. The molecule has 1 N–H and O–H groups in total. The Kier molecular flexibility index (Phi) is 4.13. The van der Waals surface area contributed by atoms with Gasteiger partial charge in [-0.3, -0.25) is 4.98 Å². The maximum absolute atomic E-state index is 14.1. The van der Waals surface area contributed by atoms with E-state index in [0.717, 1.165) is 5.56 Å². The first kappa shape index (κ1) is 13.5. The Morgan fingerprint density at radius 2 is 2.00 bits per heavy atom. The molecule has 0 bridgehead atoms. The summed E-state index contributed by atoms with van der Waals surface area (Å²) < 4.78 is 14.2. The zero-order valence-corrected chi connectivity index (χ0v) is 11.8. The minimum Gasteiger partial charge on any atom is -0.376 e. The molecular formula is C14H11BrFN3. The van der Waals surface area contributed by atoms with Gasteiger partial charge in [0.2, 0.25) is 0 Å². The molecule has 1 heterocycles. The van der Waals surface area contributed by atoms with E-state index in [0.29, 0.717) is 5.69 Å². The van der Waals surface area contributed by atoms with Crippen LogP contribution in [-0.4, -0.2) is 4.98 Å². The summed E-state index contributed by atoms with van der Waals surface area (Å²) in [5, 5.41) is 11.9. The number of rotatable bonds is 3. The van der Waals surface area contributed by atoms with Crippen molar-refractivity contribution in [2.24, 2.45) is 0 Å². The van der Waals surface area contributed by atoms with Crippen LogP contribution in [-0.2, 0) is 0 Å². The summed E-state index contributed by atoms with van der Waals surface area (Å²) in [4.78, 5) is 3.94. The molecule has 1 atom stereocenters. The van der Waals surface area contributed by atoms with Crippen LogP contribution in [0.5, 0.6) is 0 Å². The molecule has 1 aromatic carbocycles. The van der Waals surface area contributed by atoms with Crippen molar-refractivity contribution in [3.63, 3.8) is 0 Å². The molecule has 3 nitrogen and oxygen atoms in total. The monoisotopic (exact) mass is 319 g/mol. The summed E-state index contributed by atoms with van der Waals surface area (Å²) in [6.07, 6.45) is 3.39. The third-order valence-electron chi connectivity index (χ3n) is 2.78. The average molecular weight is 320 g/mol. The van der Waals surface area contributed by atoms with Gasteiger partial charge in [-0.2, -0.15) is 5.26 Å². The van der Waals surface area contributed by atoms with E-state index in [2.05, 4.69) is 26.2 Å². The van der Waals surface area contributed by atoms with Gasteiger partial charge in [-0.25, -0.2) is 4.39 Å². The van der Waals surface area contributed by atoms with Gasteiger partial charge in [-0.15, -0.1) is 0 Å². The predicted octanol–water partition coefficient (Wildman–Crippen LogP) is 4.03. The number of hydrogen-bond acceptors (Lipinski definition) is 3. The summed E-state index contributed by atoms with van der Waals surface area (Å²) in [5.74, 6) is -0.458. The lowest BCUT2D eigenvalue weighted by molar-refractivity contribution is 0.620. The SMILES string of the molecule is CC(Nc1ccc(C#N)c(Br)c1F)c1ccncc1. The molecule has 0 saturated heterocycles. The molecule has 0 amide bonds. The molecule has 0 saturated carbocycles. The number of nitriles is 1. The van der Waals surface area contributed by atoms with Gasteiger partial charge in [-0.05, 0) is 52.7 Å². The molecule has 0 aliphatic carbocycles. The lowest BCUT2D eigenvalue weighted by Gasteiger charge is -2.16. The third kappa shape index (κ3) is 2.91. The molecular weight excluding hydrogens is 309 g/mol. The summed E-state index contributed by atoms with van der Waals surface area (Å²) >= 11 is 3.09. The molecule has 0 aliphatic heterocycles. The van der Waals surface area contributed by atoms with Gasteiger partial charge < -0.3 is 5.32 Å². The van der Waals surface area contributed by atoms with E-state index in [1.165, 1.54) is 0 Å². The molecule has 2 aromatic rings. The average Bonchev–Trinajstić information content (AvgIpc) is 2.45. The van der Waals surface area contributed by atoms with E-state index in [-0.39, 0.29) is 16.1 Å². The summed E-state index contributed by atoms with van der Waals surface area (Å²) in [5.41, 5.74) is 1.64. The van der Waals surface area contributed by atoms with Gasteiger partial charge in [0.15, 0.2) is 5.82 Å². The fourth-order valence-electron chi connectivity index (χ4n) is 1.72. The topological polar surface area (TPSA) is 48.7 Å². The second-order valence-corrected chi connectivity index (χ2v) is 4.84. The molecule has 0 radical (unpaired) electrons. The molecule has 0 aliphatic rings. The van der Waals surface area contributed by atoms with E-state index in [9.17, 15) is 4.39 Å². The quantitative estimate of drug-likeness (QED) is 0.929. The van der Waals surface area contributed by atoms with Crippen LogP contribution in [0.4, 0.5) is 10.1 Å². The van der Waals surface area contributed by atoms with Gasteiger partial charge in [0.05, 0.1) is 15.7 Å². The number of aromatic nitrogens is 1. The molecule has 1 aromatic heterocycles. The molecule has 0 spiro atoms. The van der Waals surface area contributed by atoms with Crippen molar-refractivity contribution in [2.75, 3.05) is 5.32 Å². The van der Waals surface area contributed by atoms with Crippen LogP contribution in [0.25, 0.3) is 0 Å². The molecule has 19 heavy (non-hydrogen) atoms. The van der Waals surface area contributed by atoms with Gasteiger partial charge in [-0.1, -0.05) is 0 Å². The molecule has 5 heteroatoms. The third-order valence-corrected chi connectivity index (χ3v) is 3.56. The Bertz CT molecular complexity index is 623. The van der Waals surface area contributed by atoms with Crippen molar-refractivity contribution in [2.45, 2.75) is 13.0 Å². The highest BCUT2D eigenvalue weighted by molar-refractivity contribution is 9.10. The number of hydrogen-bond donors (Lipinski definition) is 1. The van der Waals surface area contributed by atoms with Crippen LogP contribution in [0.3, 0.4) is 0 Å². The minimum atomic E-state index is -0.458. The summed E-state index contributed by atoms with van der Waals surface area (Å²) in [6.45, 7) is 1.93. The summed E-state index contributed by atoms with van der Waals surface area (Å²) in [7, 11) is 0. The number of anilines is 1. The van der Waals surface area contributed by atoms with Crippen molar-refractivity contribution in [3.05, 3.63) is 58.1 Å². The van der Waals surface area contributed by atoms with Gasteiger partial charge in [0.1, 0.15) is 6.07 Å². The van der Waals surface area contributed by atoms with Crippen LogP contribution < -0.4 is 5.32 Å². The molecule has 1 unspecified atom stereocenters. The Hall–Kier alpha value is -1.93. The van der Waals surface area contributed by atoms with E-state index in [1.807, 2.05) is 25.1 Å². The lowest BCUT2D eigenvalue weighted by atomic mass is 10.1. The van der Waals surface area contributed by atoms with Gasteiger partial charge in [0.25, 0.3) is 0 Å². The van der Waals surface area contributed by atoms with Crippen LogP contribution in [0, 0.1) is 17.1 Å². The van der Waals surface area contributed by atoms with E-state index >= 15 is 0 Å². The first-order valence-corrected chi connectivity index (χ1v) is 6.47. The lowest BCUT2D eigenvalue weighted by Crippen LogP contribution is -2.08. The highest BCUT2D eigenvalue weighted by atomic mass is 79.9. The van der Waals surface area contributed by atoms with Crippen LogP contribution in [0.15, 0.2) is 41.1 Å². The predicted molar refractivity (Wildman–Crippen MR) is 75.1 cm³/mol. The fraction of sp³-hybridized carbons (Fsp3) is 0.143. The number of pyridine rings is 1. The van der Waals surface area contributed by atoms with E-state index < -0.39 is 5.82 Å². The Morgan fingerprint density at radius 1 is 1.32 bits per heavy atom. The Morgan fingerprint density at radius 3 is 2.63 bits per heavy atom. The maximum Gasteiger partial charge on any atom is 0.161 e. The highest BCUT2D eigenvalue weighted by Crippen LogP contribution is 2.29. The molecule has 0 fully saturated rings. The maximum atomic E-state index is 14.1. The first-order chi connectivity index (χ1) is 9.13. The molecule has 96 valence electrons. The summed E-state index contributed by atoms with van der Waals surface area (Å²) in [6, 6.07) is 8.75. The largest absolute Gasteiger partial charge is 0.376 e. The number of benzene rings is 1. The normalized spacial score (nSPS) is 11.7. The van der Waals surface area contributed by atoms with Gasteiger partial charge in [0, 0.05) is 18.4 Å². The van der Waals surface area contributed by atoms with Crippen LogP contribution in [0.1, 0.15) is 24.1 Å². The van der Waals surface area contributed by atoms with Crippen molar-refractivity contribution < 1.29 is 4.39 Å². The van der Waals surface area contributed by atoms with E-state index in [1.54, 1.807) is 24.5 Å². The Balaban J connectivity index is 2.26. The minimum absolute atomic E-state index is 0.0580. The van der Waals surface area contributed by atoms with Crippen LogP contribution in [0.2, 0.25) is 0 Å². The smallest absolute Gasteiger partial charge is 0.161 e. The molecule has 2 rings (SSSR count). The number of nitrogens with zero attached hydrogens (tertiary/aromatic N) is 2. The zero-order chi connectivity index (χ0) is 13.8. The van der Waals surface area contributed by atoms with Gasteiger partial charge >= 0.3 is 0 Å². The highest BCUT2D eigenvalue weighted by Gasteiger charge is 2.13. The fourth-order valence-corrected chi connectivity index (χ4v) is 2.15. The van der Waals surface area contributed by atoms with Crippen LogP contribution >= 0.6 is 15.9 Å². The van der Waals surface area contributed by atoms with Crippen molar-refractivity contribution in [3.8, 4) is 6.07 Å². The van der Waals surface area contributed by atoms with Crippen molar-refractivity contribution >= 4 is 21.6 Å². The van der Waals surface area contributed by atoms with Crippen molar-refractivity contribution in [1.82, 2.24) is 4.98 Å². The standard InChI is InChI=1S/C14H11BrFN3/c1-9(10-4-6-18-7-5-10)19-12-3-2-11(8-17)13(15)14(12)16/h2-7,9,19H,1H3. The second kappa shape index (κ2) is 5.81. The Labute approximate surface area is 119 Å². The second-order valence-electron chi connectivity index (χ2n) is 4.05. The van der Waals surface area contributed by atoms with E-state index in [4.69, 9.17) is 5.26 Å². The van der Waals surface area contributed by atoms with Crippen molar-refractivity contribution in [1.29, 1.82) is 5.26 Å².